The summed E-state index contributed by atoms with van der Waals surface area (Å²) in [6.07, 6.45) is -0.164. The van der Waals surface area contributed by atoms with Gasteiger partial charge in [0.1, 0.15) is 23.3 Å². The molecule has 1 atom stereocenters. The number of hydrogen-bond donors (Lipinski definition) is 2. The van der Waals surface area contributed by atoms with Crippen molar-refractivity contribution in [2.45, 2.75) is 12.3 Å². The molecule has 1 aliphatic heterocycles. The number of H-pyrrole nitrogens is 1. The number of amides is 1. The fraction of sp³-hybridized carbons (Fsp3) is 0.105. The van der Waals surface area contributed by atoms with Crippen LogP contribution in [0.5, 0.6) is 0 Å². The standard InChI is InChI=1S/C19H13F2N3O2/c20-11-6-7-14(21)12(8-11)13-9-15(25)22-18-16(13)19(26)24-17(23-18)10-4-2-1-3-5-10/h1-8,13H,9H2,(H2,22,23,24,25,26)/t13-/m1/s1. The van der Waals surface area contributed by atoms with E-state index in [0.29, 0.717) is 5.56 Å². The average molecular weight is 353 g/mol. The summed E-state index contributed by atoms with van der Waals surface area (Å²) in [7, 11) is 0. The van der Waals surface area contributed by atoms with Gasteiger partial charge in [0.2, 0.25) is 5.91 Å². The van der Waals surface area contributed by atoms with Crippen LogP contribution in [0.4, 0.5) is 14.6 Å². The molecule has 7 heteroatoms. The molecule has 2 heterocycles. The SMILES string of the molecule is O=C1C[C@H](c2cc(F)ccc2F)c2c(nc(-c3ccccc3)[nH]c2=O)N1. The summed E-state index contributed by atoms with van der Waals surface area (Å²) < 4.78 is 27.8. The number of fused-ring (bicyclic) bond motifs is 1. The maximum atomic E-state index is 14.2. The van der Waals surface area contributed by atoms with E-state index in [1.165, 1.54) is 0 Å². The van der Waals surface area contributed by atoms with E-state index < -0.39 is 29.0 Å². The van der Waals surface area contributed by atoms with Gasteiger partial charge in [-0.2, -0.15) is 0 Å². The predicted molar refractivity (Wildman–Crippen MR) is 91.7 cm³/mol. The van der Waals surface area contributed by atoms with Gasteiger partial charge in [-0.1, -0.05) is 30.3 Å². The van der Waals surface area contributed by atoms with Gasteiger partial charge >= 0.3 is 0 Å². The molecule has 1 aromatic heterocycles. The molecule has 0 unspecified atom stereocenters. The number of aromatic amines is 1. The molecule has 1 amide bonds. The number of nitrogens with zero attached hydrogens (tertiary/aromatic N) is 1. The van der Waals surface area contributed by atoms with Gasteiger partial charge in [-0.15, -0.1) is 0 Å². The van der Waals surface area contributed by atoms with E-state index in [9.17, 15) is 18.4 Å². The zero-order valence-electron chi connectivity index (χ0n) is 13.4. The minimum atomic E-state index is -0.907. The molecule has 0 aliphatic carbocycles. The van der Waals surface area contributed by atoms with Crippen molar-refractivity contribution < 1.29 is 13.6 Å². The molecule has 5 nitrogen and oxygen atoms in total. The quantitative estimate of drug-likeness (QED) is 0.743. The zero-order valence-corrected chi connectivity index (χ0v) is 13.4. The molecule has 2 aromatic carbocycles. The van der Waals surface area contributed by atoms with E-state index in [1.54, 1.807) is 24.3 Å². The number of carbonyl (C=O) groups is 1. The van der Waals surface area contributed by atoms with Crippen LogP contribution in [0.25, 0.3) is 11.4 Å². The number of benzene rings is 2. The summed E-state index contributed by atoms with van der Waals surface area (Å²) in [6, 6.07) is 11.9. The largest absolute Gasteiger partial charge is 0.310 e. The van der Waals surface area contributed by atoms with Crippen LogP contribution in [0.2, 0.25) is 0 Å². The van der Waals surface area contributed by atoms with Gasteiger partial charge in [0.05, 0.1) is 5.56 Å². The maximum absolute atomic E-state index is 14.2. The molecule has 0 radical (unpaired) electrons. The first-order valence-corrected chi connectivity index (χ1v) is 7.97. The number of hydrogen-bond acceptors (Lipinski definition) is 3. The third kappa shape index (κ3) is 2.77. The van der Waals surface area contributed by atoms with Crippen LogP contribution in [-0.4, -0.2) is 15.9 Å². The Bertz CT molecular complexity index is 1060. The number of anilines is 1. The normalized spacial score (nSPS) is 16.1. The van der Waals surface area contributed by atoms with Crippen LogP contribution >= 0.6 is 0 Å². The molecule has 26 heavy (non-hydrogen) atoms. The Morgan fingerprint density at radius 1 is 1.04 bits per heavy atom. The van der Waals surface area contributed by atoms with Crippen molar-refractivity contribution in [1.82, 2.24) is 9.97 Å². The lowest BCUT2D eigenvalue weighted by Gasteiger charge is -2.25. The van der Waals surface area contributed by atoms with Crippen LogP contribution in [0.3, 0.4) is 0 Å². The smallest absolute Gasteiger partial charge is 0.257 e. The Balaban J connectivity index is 1.90. The molecule has 0 bridgehead atoms. The first-order valence-electron chi connectivity index (χ1n) is 7.97. The lowest BCUT2D eigenvalue weighted by atomic mass is 9.86. The Hall–Kier alpha value is -3.35. The average Bonchev–Trinajstić information content (AvgIpc) is 2.63. The van der Waals surface area contributed by atoms with Crippen LogP contribution in [-0.2, 0) is 4.79 Å². The third-order valence-corrected chi connectivity index (χ3v) is 4.33. The van der Waals surface area contributed by atoms with Crippen molar-refractivity contribution in [1.29, 1.82) is 0 Å². The van der Waals surface area contributed by atoms with Crippen molar-refractivity contribution in [3.8, 4) is 11.4 Å². The van der Waals surface area contributed by atoms with Gasteiger partial charge < -0.3 is 10.3 Å². The number of rotatable bonds is 2. The minimum absolute atomic E-state index is 0.0409. The van der Waals surface area contributed by atoms with E-state index in [-0.39, 0.29) is 29.2 Å². The second-order valence-corrected chi connectivity index (χ2v) is 6.01. The zero-order chi connectivity index (χ0) is 18.3. The molecule has 0 fully saturated rings. The monoisotopic (exact) mass is 353 g/mol. The summed E-state index contributed by atoms with van der Waals surface area (Å²) in [5.41, 5.74) is 0.248. The van der Waals surface area contributed by atoms with E-state index in [0.717, 1.165) is 18.2 Å². The highest BCUT2D eigenvalue weighted by atomic mass is 19.1. The van der Waals surface area contributed by atoms with Crippen molar-refractivity contribution >= 4 is 11.7 Å². The molecular formula is C19H13F2N3O2. The van der Waals surface area contributed by atoms with Crippen molar-refractivity contribution in [3.05, 3.63) is 81.6 Å². The minimum Gasteiger partial charge on any atom is -0.310 e. The molecular weight excluding hydrogens is 340 g/mol. The summed E-state index contributed by atoms with van der Waals surface area (Å²) in [4.78, 5) is 31.8. The van der Waals surface area contributed by atoms with Crippen LogP contribution < -0.4 is 10.9 Å². The van der Waals surface area contributed by atoms with Crippen LogP contribution in [0.1, 0.15) is 23.5 Å². The van der Waals surface area contributed by atoms with Gasteiger partial charge in [0.15, 0.2) is 0 Å². The van der Waals surface area contributed by atoms with Gasteiger partial charge in [-0.3, -0.25) is 9.59 Å². The highest BCUT2D eigenvalue weighted by Gasteiger charge is 2.32. The fourth-order valence-electron chi connectivity index (χ4n) is 3.15. The number of aromatic nitrogens is 2. The van der Waals surface area contributed by atoms with Crippen molar-refractivity contribution in [3.63, 3.8) is 0 Å². The van der Waals surface area contributed by atoms with Crippen molar-refractivity contribution in [2.75, 3.05) is 5.32 Å². The van der Waals surface area contributed by atoms with Gasteiger partial charge in [-0.25, -0.2) is 13.8 Å². The molecule has 2 N–H and O–H groups in total. The van der Waals surface area contributed by atoms with Crippen molar-refractivity contribution in [2.24, 2.45) is 0 Å². The fourth-order valence-corrected chi connectivity index (χ4v) is 3.15. The highest BCUT2D eigenvalue weighted by molar-refractivity contribution is 5.94. The molecule has 130 valence electrons. The first-order chi connectivity index (χ1) is 12.5. The number of nitrogens with one attached hydrogen (secondary N) is 2. The molecule has 0 spiro atoms. The number of halogens is 2. The predicted octanol–water partition coefficient (Wildman–Crippen LogP) is 3.19. The lowest BCUT2D eigenvalue weighted by molar-refractivity contribution is -0.116. The van der Waals surface area contributed by atoms with Gasteiger partial charge in [-0.05, 0) is 23.8 Å². The van der Waals surface area contributed by atoms with Crippen LogP contribution in [0, 0.1) is 11.6 Å². The second kappa shape index (κ2) is 6.18. The van der Waals surface area contributed by atoms with Crippen LogP contribution in [0.15, 0.2) is 53.3 Å². The summed E-state index contributed by atoms with van der Waals surface area (Å²) in [5, 5.41) is 2.56. The summed E-state index contributed by atoms with van der Waals surface area (Å²) in [5.74, 6) is -2.28. The van der Waals surface area contributed by atoms with E-state index in [2.05, 4.69) is 15.3 Å². The van der Waals surface area contributed by atoms with E-state index >= 15 is 0 Å². The molecule has 1 aliphatic rings. The van der Waals surface area contributed by atoms with E-state index in [4.69, 9.17) is 0 Å². The van der Waals surface area contributed by atoms with Gasteiger partial charge in [0, 0.05) is 17.9 Å². The van der Waals surface area contributed by atoms with Gasteiger partial charge in [0.25, 0.3) is 5.56 Å². The maximum Gasteiger partial charge on any atom is 0.257 e. The molecule has 0 saturated carbocycles. The molecule has 0 saturated heterocycles. The second-order valence-electron chi connectivity index (χ2n) is 6.01. The Labute approximate surface area is 146 Å². The summed E-state index contributed by atoms with van der Waals surface area (Å²) >= 11 is 0. The third-order valence-electron chi connectivity index (χ3n) is 4.33. The first kappa shape index (κ1) is 16.1. The highest BCUT2D eigenvalue weighted by Crippen LogP contribution is 2.35. The Morgan fingerprint density at radius 2 is 1.81 bits per heavy atom. The Kier molecular flexibility index (Phi) is 3.84. The number of carbonyl (C=O) groups excluding carboxylic acids is 1. The molecule has 3 aromatic rings. The molecule has 4 rings (SSSR count). The van der Waals surface area contributed by atoms with E-state index in [1.807, 2.05) is 6.07 Å². The Morgan fingerprint density at radius 3 is 2.58 bits per heavy atom. The lowest BCUT2D eigenvalue weighted by Crippen LogP contribution is -2.31. The topological polar surface area (TPSA) is 74.8 Å². The summed E-state index contributed by atoms with van der Waals surface area (Å²) in [6.45, 7) is 0.